The highest BCUT2D eigenvalue weighted by Crippen LogP contribution is 2.44. The summed E-state index contributed by atoms with van der Waals surface area (Å²) in [4.78, 5) is 14.5. The van der Waals surface area contributed by atoms with Crippen molar-refractivity contribution in [3.05, 3.63) is 99.6 Å². The molecular formula is C40H48N4OS. The summed E-state index contributed by atoms with van der Waals surface area (Å²) in [6, 6.07) is 5.93. The van der Waals surface area contributed by atoms with Crippen molar-refractivity contribution in [2.24, 2.45) is 11.0 Å². The Labute approximate surface area is 280 Å². The zero-order valence-corrected chi connectivity index (χ0v) is 29.1. The number of hydrogen-bond donors (Lipinski definition) is 1. The Morgan fingerprint density at radius 1 is 1.13 bits per heavy atom. The van der Waals surface area contributed by atoms with E-state index in [-0.39, 0.29) is 5.92 Å². The summed E-state index contributed by atoms with van der Waals surface area (Å²) in [5.74, 6) is 7.55. The number of allylic oxidation sites excluding steroid dienone is 7. The lowest BCUT2D eigenvalue weighted by molar-refractivity contribution is 0.112. The summed E-state index contributed by atoms with van der Waals surface area (Å²) in [7, 11) is 0. The van der Waals surface area contributed by atoms with Crippen LogP contribution in [0.5, 0.6) is 0 Å². The average molecular weight is 633 g/mol. The van der Waals surface area contributed by atoms with Crippen LogP contribution in [0.2, 0.25) is 0 Å². The summed E-state index contributed by atoms with van der Waals surface area (Å²) < 4.78 is 0. The first-order valence-corrected chi connectivity index (χ1v) is 17.1. The lowest BCUT2D eigenvalue weighted by Crippen LogP contribution is -2.27. The van der Waals surface area contributed by atoms with Gasteiger partial charge >= 0.3 is 0 Å². The normalized spacial score (nSPS) is 15.5. The first-order chi connectivity index (χ1) is 22.0. The molecule has 0 saturated heterocycles. The Bertz CT molecular complexity index is 1690. The number of thiophene rings is 1. The second kappa shape index (κ2) is 15.9. The van der Waals surface area contributed by atoms with Gasteiger partial charge in [-0.3, -0.25) is 20.1 Å². The van der Waals surface area contributed by atoms with Gasteiger partial charge in [0.05, 0.1) is 17.3 Å². The minimum Gasteiger partial charge on any atom is -0.298 e. The van der Waals surface area contributed by atoms with Crippen LogP contribution >= 0.6 is 11.3 Å². The third kappa shape index (κ3) is 8.13. The van der Waals surface area contributed by atoms with Gasteiger partial charge in [-0.25, -0.2) is 0 Å². The van der Waals surface area contributed by atoms with Gasteiger partial charge in [-0.1, -0.05) is 86.4 Å². The van der Waals surface area contributed by atoms with Gasteiger partial charge in [0.15, 0.2) is 6.29 Å². The minimum atomic E-state index is 0.0705. The van der Waals surface area contributed by atoms with Crippen LogP contribution in [0.1, 0.15) is 104 Å². The Balaban J connectivity index is 1.42. The van der Waals surface area contributed by atoms with Crippen molar-refractivity contribution in [1.82, 2.24) is 5.01 Å². The molecule has 0 fully saturated rings. The molecule has 2 aliphatic rings. The standard InChI is InChI=1S/C40H48N4OS/c1-9-37(41)44(28(4)5)40-39(30(7)33-20-17-29(6)18-21-33)31(8)36(46-40)22-19-32-24-42-43(25-32)23-12-10-11-14-34-15-13-16-35(26-45)38(34)27(2)3/h13,15-17,20,24,26,32,41H,2,4,7,9-12,14,18,21,23,25H2,1,3,5-6,8H3. The van der Waals surface area contributed by atoms with Crippen LogP contribution < -0.4 is 4.90 Å². The highest BCUT2D eigenvalue weighted by atomic mass is 32.1. The topological polar surface area (TPSA) is 59.8 Å². The molecule has 240 valence electrons. The van der Waals surface area contributed by atoms with Crippen molar-refractivity contribution >= 4 is 45.8 Å². The molecule has 2 heterocycles. The van der Waals surface area contributed by atoms with E-state index in [0.29, 0.717) is 12.3 Å². The molecule has 0 bridgehead atoms. The second-order valence-electron chi connectivity index (χ2n) is 12.4. The molecule has 1 aliphatic heterocycles. The maximum Gasteiger partial charge on any atom is 0.150 e. The van der Waals surface area contributed by atoms with E-state index in [2.05, 4.69) is 73.8 Å². The predicted molar refractivity (Wildman–Crippen MR) is 199 cm³/mol. The Kier molecular flexibility index (Phi) is 12.0. The third-order valence-corrected chi connectivity index (χ3v) is 9.84. The molecule has 1 aromatic carbocycles. The first kappa shape index (κ1) is 34.7. The van der Waals surface area contributed by atoms with Crippen LogP contribution in [0.3, 0.4) is 0 Å². The molecule has 0 spiro atoms. The molecule has 1 aromatic heterocycles. The van der Waals surface area contributed by atoms with E-state index in [1.54, 1.807) is 11.3 Å². The number of unbranched alkanes of at least 4 members (excludes halogenated alkanes) is 2. The summed E-state index contributed by atoms with van der Waals surface area (Å²) in [5, 5.41) is 16.5. The molecule has 0 amide bonds. The van der Waals surface area contributed by atoms with Crippen molar-refractivity contribution in [3.8, 4) is 11.8 Å². The highest BCUT2D eigenvalue weighted by Gasteiger charge is 2.26. The fraction of sp³-hybridized carbons (Fsp3) is 0.375. The molecule has 1 unspecified atom stereocenters. The van der Waals surface area contributed by atoms with Gasteiger partial charge in [0.2, 0.25) is 0 Å². The van der Waals surface area contributed by atoms with Crippen LogP contribution in [0.4, 0.5) is 5.00 Å². The molecule has 4 rings (SSSR count). The maximum absolute atomic E-state index is 11.5. The van der Waals surface area contributed by atoms with Gasteiger partial charge in [0, 0.05) is 36.0 Å². The Hall–Kier alpha value is -4.21. The number of amidine groups is 1. The van der Waals surface area contributed by atoms with E-state index >= 15 is 0 Å². The highest BCUT2D eigenvalue weighted by molar-refractivity contribution is 7.17. The molecule has 0 saturated carbocycles. The number of aryl methyl sites for hydroxylation is 1. The van der Waals surface area contributed by atoms with Gasteiger partial charge < -0.3 is 0 Å². The van der Waals surface area contributed by atoms with Crippen molar-refractivity contribution in [1.29, 1.82) is 5.41 Å². The minimum absolute atomic E-state index is 0.0705. The van der Waals surface area contributed by atoms with Crippen molar-refractivity contribution in [2.75, 3.05) is 18.0 Å². The number of hydrazone groups is 1. The van der Waals surface area contributed by atoms with Crippen LogP contribution in [-0.2, 0) is 6.42 Å². The quantitative estimate of drug-likeness (QED) is 0.0786. The zero-order chi connectivity index (χ0) is 33.4. The molecule has 0 radical (unpaired) electrons. The van der Waals surface area contributed by atoms with Crippen molar-refractivity contribution in [3.63, 3.8) is 0 Å². The molecule has 5 nitrogen and oxygen atoms in total. The fourth-order valence-corrected chi connectivity index (χ4v) is 7.38. The number of rotatable bonds is 13. The predicted octanol–water partition coefficient (Wildman–Crippen LogP) is 9.99. The van der Waals surface area contributed by atoms with E-state index in [1.807, 2.05) is 44.0 Å². The number of benzene rings is 1. The van der Waals surface area contributed by atoms with E-state index in [0.717, 1.165) is 107 Å². The van der Waals surface area contributed by atoms with Gasteiger partial charge in [-0.2, -0.15) is 5.10 Å². The lowest BCUT2D eigenvalue weighted by Gasteiger charge is -2.26. The van der Waals surface area contributed by atoms with E-state index in [9.17, 15) is 4.79 Å². The van der Waals surface area contributed by atoms with Gasteiger partial charge in [0.25, 0.3) is 0 Å². The lowest BCUT2D eigenvalue weighted by atomic mass is 9.89. The molecule has 1 N–H and O–H groups in total. The number of aldehydes is 1. The SMILES string of the molecule is C=C(C)c1c(C=O)cccc1CCCCCN1CC(C#Cc2sc(N(C(=C)C)C(=N)CC)c(C(=C)C3=CC=C(C)CC3)c2C)C=N1. The van der Waals surface area contributed by atoms with Gasteiger partial charge in [-0.05, 0) is 87.6 Å². The second-order valence-corrected chi connectivity index (χ2v) is 13.4. The summed E-state index contributed by atoms with van der Waals surface area (Å²) in [6.07, 6.45) is 14.0. The number of hydrogen-bond acceptors (Lipinski definition) is 5. The van der Waals surface area contributed by atoms with E-state index in [4.69, 9.17) is 5.41 Å². The van der Waals surface area contributed by atoms with Gasteiger partial charge in [0.1, 0.15) is 10.8 Å². The first-order valence-electron chi connectivity index (χ1n) is 16.3. The molecule has 6 heteroatoms. The molecule has 1 aliphatic carbocycles. The molecule has 2 aromatic rings. The van der Waals surface area contributed by atoms with Crippen LogP contribution in [0, 0.1) is 30.1 Å². The monoisotopic (exact) mass is 632 g/mol. The maximum atomic E-state index is 11.5. The van der Waals surface area contributed by atoms with E-state index < -0.39 is 0 Å². The molecule has 46 heavy (non-hydrogen) atoms. The number of carbonyl (C=O) groups excluding carboxylic acids is 1. The third-order valence-electron chi connectivity index (χ3n) is 8.65. The Morgan fingerprint density at radius 3 is 2.57 bits per heavy atom. The average Bonchev–Trinajstić information content (AvgIpc) is 3.62. The number of anilines is 1. The summed E-state index contributed by atoms with van der Waals surface area (Å²) in [5.41, 5.74) is 10.5. The fourth-order valence-electron chi connectivity index (χ4n) is 6.09. The Morgan fingerprint density at radius 2 is 1.91 bits per heavy atom. The summed E-state index contributed by atoms with van der Waals surface area (Å²) in [6.45, 7) is 24.8. The van der Waals surface area contributed by atoms with Crippen LogP contribution in [0.25, 0.3) is 11.1 Å². The summed E-state index contributed by atoms with van der Waals surface area (Å²) >= 11 is 1.63. The smallest absolute Gasteiger partial charge is 0.150 e. The zero-order valence-electron chi connectivity index (χ0n) is 28.3. The van der Waals surface area contributed by atoms with Crippen LogP contribution in [0.15, 0.2) is 72.0 Å². The molecule has 1 atom stereocenters. The van der Waals surface area contributed by atoms with E-state index in [1.165, 1.54) is 16.7 Å². The number of carbonyl (C=O) groups is 1. The van der Waals surface area contributed by atoms with Gasteiger partial charge in [-0.15, -0.1) is 11.3 Å². The van der Waals surface area contributed by atoms with Crippen molar-refractivity contribution < 1.29 is 4.79 Å². The largest absolute Gasteiger partial charge is 0.298 e. The van der Waals surface area contributed by atoms with Crippen molar-refractivity contribution in [2.45, 2.75) is 79.6 Å². The number of nitrogens with one attached hydrogen (secondary N) is 1. The number of nitrogens with zero attached hydrogens (tertiary/aromatic N) is 3. The molecular weight excluding hydrogens is 585 g/mol. The van der Waals surface area contributed by atoms with Crippen LogP contribution in [-0.4, -0.2) is 36.4 Å².